The number of aromatic nitrogens is 5. The predicted molar refractivity (Wildman–Crippen MR) is 95.1 cm³/mol. The zero-order valence-electron chi connectivity index (χ0n) is 14.1. The maximum Gasteiger partial charge on any atom is 0.212 e. The van der Waals surface area contributed by atoms with Crippen molar-refractivity contribution in [3.63, 3.8) is 0 Å². The molecule has 4 aromatic rings. The Morgan fingerprint density at radius 1 is 1.38 bits per heavy atom. The van der Waals surface area contributed by atoms with E-state index in [9.17, 15) is 4.79 Å². The number of hydrogen-bond donors (Lipinski definition) is 3. The first kappa shape index (κ1) is 16.2. The van der Waals surface area contributed by atoms with Gasteiger partial charge in [-0.2, -0.15) is 5.10 Å². The van der Waals surface area contributed by atoms with Crippen LogP contribution >= 0.6 is 0 Å². The minimum absolute atomic E-state index is 0.373. The van der Waals surface area contributed by atoms with E-state index >= 15 is 4.39 Å². The quantitative estimate of drug-likeness (QED) is 0.487. The van der Waals surface area contributed by atoms with Crippen molar-refractivity contribution in [1.29, 1.82) is 0 Å². The first-order valence-corrected chi connectivity index (χ1v) is 7.97. The van der Waals surface area contributed by atoms with Gasteiger partial charge in [0.25, 0.3) is 0 Å². The second-order valence-electron chi connectivity index (χ2n) is 6.10. The van der Waals surface area contributed by atoms with Crippen molar-refractivity contribution in [3.05, 3.63) is 41.7 Å². The molecule has 0 saturated heterocycles. The van der Waals surface area contributed by atoms with Gasteiger partial charge in [0, 0.05) is 28.8 Å². The molecule has 1 atom stereocenters. The van der Waals surface area contributed by atoms with E-state index in [1.54, 1.807) is 43.0 Å². The molecule has 0 radical (unpaired) electrons. The average Bonchev–Trinajstić information content (AvgIpc) is 3.21. The minimum Gasteiger partial charge on any atom is -0.324 e. The van der Waals surface area contributed by atoms with Crippen molar-refractivity contribution in [2.75, 3.05) is 5.32 Å². The maximum absolute atomic E-state index is 15.0. The highest BCUT2D eigenvalue weighted by atomic mass is 19.1. The number of imidazole rings is 1. The fourth-order valence-electron chi connectivity index (χ4n) is 3.22. The number of nitrogens with two attached hydrogens (primary N) is 1. The lowest BCUT2D eigenvalue weighted by atomic mass is 9.94. The summed E-state index contributed by atoms with van der Waals surface area (Å²) in [5.41, 5.74) is 9.13. The molecular formula is C17H16FN7O. The van der Waals surface area contributed by atoms with E-state index < -0.39 is 6.04 Å². The average molecular weight is 353 g/mol. The molecule has 4 N–H and O–H groups in total. The van der Waals surface area contributed by atoms with Gasteiger partial charge in [0.15, 0.2) is 11.5 Å². The summed E-state index contributed by atoms with van der Waals surface area (Å²) in [7, 11) is 0. The Labute approximate surface area is 147 Å². The molecular weight excluding hydrogens is 337 g/mol. The summed E-state index contributed by atoms with van der Waals surface area (Å²) in [5, 5.41) is 10.1. The number of H-pyrrole nitrogens is 1. The molecule has 1 aromatic carbocycles. The molecule has 1 unspecified atom stereocenters. The van der Waals surface area contributed by atoms with E-state index in [0.29, 0.717) is 45.8 Å². The van der Waals surface area contributed by atoms with Gasteiger partial charge in [-0.15, -0.1) is 0 Å². The summed E-state index contributed by atoms with van der Waals surface area (Å²) in [5.74, 6) is 0.0326. The fourth-order valence-corrected chi connectivity index (χ4v) is 3.22. The fraction of sp³-hybridized carbons (Fsp3) is 0.176. The normalized spacial score (nSPS) is 12.6. The number of nitrogens with zero attached hydrogens (tertiary/aromatic N) is 4. The lowest BCUT2D eigenvalue weighted by Crippen LogP contribution is -2.10. The number of carbonyl (C=O) groups excluding carboxylic acids is 1. The highest BCUT2D eigenvalue weighted by Crippen LogP contribution is 2.36. The molecule has 0 bridgehead atoms. The molecule has 0 spiro atoms. The number of benzene rings is 1. The molecule has 1 amide bonds. The van der Waals surface area contributed by atoms with Crippen molar-refractivity contribution < 1.29 is 9.18 Å². The molecule has 0 aliphatic rings. The van der Waals surface area contributed by atoms with E-state index in [4.69, 9.17) is 5.73 Å². The largest absolute Gasteiger partial charge is 0.324 e. The van der Waals surface area contributed by atoms with E-state index in [-0.39, 0.29) is 5.82 Å². The molecule has 9 heteroatoms. The molecule has 4 rings (SSSR count). The van der Waals surface area contributed by atoms with Crippen LogP contribution in [0.15, 0.2) is 24.8 Å². The molecule has 0 aliphatic carbocycles. The summed E-state index contributed by atoms with van der Waals surface area (Å²) < 4.78 is 16.7. The maximum atomic E-state index is 15.0. The van der Waals surface area contributed by atoms with Gasteiger partial charge >= 0.3 is 0 Å². The van der Waals surface area contributed by atoms with Crippen LogP contribution in [0.25, 0.3) is 27.8 Å². The van der Waals surface area contributed by atoms with Crippen LogP contribution in [0.2, 0.25) is 0 Å². The summed E-state index contributed by atoms with van der Waals surface area (Å²) >= 11 is 0. The number of anilines is 1. The third kappa shape index (κ3) is 2.32. The van der Waals surface area contributed by atoms with Gasteiger partial charge < -0.3 is 15.5 Å². The van der Waals surface area contributed by atoms with E-state index in [0.717, 1.165) is 5.39 Å². The molecule has 0 aliphatic heterocycles. The van der Waals surface area contributed by atoms with Gasteiger partial charge in [-0.25, -0.2) is 9.37 Å². The Bertz CT molecular complexity index is 1150. The zero-order valence-corrected chi connectivity index (χ0v) is 14.1. The number of amides is 1. The number of fused-ring (bicyclic) bond motifs is 2. The number of hydrogen-bond acceptors (Lipinski definition) is 5. The topological polar surface area (TPSA) is 114 Å². The number of aromatic amines is 1. The number of carbonyl (C=O) groups is 1. The van der Waals surface area contributed by atoms with E-state index in [1.165, 1.54) is 0 Å². The van der Waals surface area contributed by atoms with Crippen LogP contribution in [0.4, 0.5) is 10.2 Å². The minimum atomic E-state index is -0.480. The summed E-state index contributed by atoms with van der Waals surface area (Å²) in [4.78, 5) is 19.2. The highest BCUT2D eigenvalue weighted by molar-refractivity contribution is 5.97. The Hall–Kier alpha value is -3.33. The second kappa shape index (κ2) is 5.88. The molecule has 3 aromatic heterocycles. The van der Waals surface area contributed by atoms with Gasteiger partial charge in [-0.05, 0) is 19.4 Å². The predicted octanol–water partition coefficient (Wildman–Crippen LogP) is 2.31. The lowest BCUT2D eigenvalue weighted by Gasteiger charge is -2.15. The summed E-state index contributed by atoms with van der Waals surface area (Å²) in [6, 6.07) is -0.480. The third-order valence-electron chi connectivity index (χ3n) is 4.38. The SMILES string of the molecule is Cc1c(F)c(C(C)N)c2[nH]ncc2c1-c1cn2cc(NC=O)nc2cn1. The van der Waals surface area contributed by atoms with Crippen LogP contribution in [0, 0.1) is 12.7 Å². The Balaban J connectivity index is 1.98. The lowest BCUT2D eigenvalue weighted by molar-refractivity contribution is -0.105. The smallest absolute Gasteiger partial charge is 0.212 e. The van der Waals surface area contributed by atoms with Crippen molar-refractivity contribution in [3.8, 4) is 11.3 Å². The van der Waals surface area contributed by atoms with Crippen LogP contribution in [0.5, 0.6) is 0 Å². The van der Waals surface area contributed by atoms with Gasteiger partial charge in [0.2, 0.25) is 6.41 Å². The van der Waals surface area contributed by atoms with Gasteiger partial charge in [-0.3, -0.25) is 14.9 Å². The molecule has 3 heterocycles. The van der Waals surface area contributed by atoms with Crippen LogP contribution in [0.1, 0.15) is 24.1 Å². The van der Waals surface area contributed by atoms with Crippen LogP contribution in [0.3, 0.4) is 0 Å². The second-order valence-corrected chi connectivity index (χ2v) is 6.10. The third-order valence-corrected chi connectivity index (χ3v) is 4.38. The highest BCUT2D eigenvalue weighted by Gasteiger charge is 2.22. The molecule has 8 nitrogen and oxygen atoms in total. The number of halogens is 1. The van der Waals surface area contributed by atoms with Crippen LogP contribution in [-0.2, 0) is 4.79 Å². The molecule has 0 saturated carbocycles. The first-order chi connectivity index (χ1) is 12.5. The van der Waals surface area contributed by atoms with E-state index in [1.807, 2.05) is 0 Å². The standard InChI is InChI=1S/C17H16FN7O/c1-8-14(10-3-22-24-17(10)15(9(2)19)16(8)18)11-5-25-6-12(21-7-26)23-13(25)4-20-11/h3-7,9H,19H2,1-2H3,(H,21,26)(H,22,24). The van der Waals surface area contributed by atoms with Crippen LogP contribution < -0.4 is 11.1 Å². The Kier molecular flexibility index (Phi) is 3.66. The Morgan fingerprint density at radius 3 is 2.92 bits per heavy atom. The summed E-state index contributed by atoms with van der Waals surface area (Å²) in [6.45, 7) is 3.43. The van der Waals surface area contributed by atoms with Crippen molar-refractivity contribution in [1.82, 2.24) is 24.6 Å². The van der Waals surface area contributed by atoms with E-state index in [2.05, 4.69) is 25.5 Å². The van der Waals surface area contributed by atoms with Gasteiger partial charge in [-0.1, -0.05) is 0 Å². The molecule has 26 heavy (non-hydrogen) atoms. The zero-order chi connectivity index (χ0) is 18.4. The Morgan fingerprint density at radius 2 is 2.19 bits per heavy atom. The van der Waals surface area contributed by atoms with Crippen molar-refractivity contribution in [2.24, 2.45) is 5.73 Å². The van der Waals surface area contributed by atoms with Crippen molar-refractivity contribution >= 4 is 28.8 Å². The number of rotatable bonds is 4. The van der Waals surface area contributed by atoms with Gasteiger partial charge in [0.1, 0.15) is 5.82 Å². The number of nitrogens with one attached hydrogen (secondary N) is 2. The summed E-state index contributed by atoms with van der Waals surface area (Å²) in [6.07, 6.45) is 7.15. The monoisotopic (exact) mass is 353 g/mol. The van der Waals surface area contributed by atoms with Crippen LogP contribution in [-0.4, -0.2) is 31.0 Å². The first-order valence-electron chi connectivity index (χ1n) is 7.97. The molecule has 0 fully saturated rings. The van der Waals surface area contributed by atoms with Crippen molar-refractivity contribution in [2.45, 2.75) is 19.9 Å². The molecule has 132 valence electrons. The van der Waals surface area contributed by atoms with Gasteiger partial charge in [0.05, 0.1) is 29.8 Å².